The molecule has 0 aliphatic carbocycles. The van der Waals surface area contributed by atoms with Gasteiger partial charge in [0.25, 0.3) is 0 Å². The summed E-state index contributed by atoms with van der Waals surface area (Å²) >= 11 is 0. The molecule has 3 heteroatoms. The van der Waals surface area contributed by atoms with E-state index in [0.29, 0.717) is 16.5 Å². The summed E-state index contributed by atoms with van der Waals surface area (Å²) in [4.78, 5) is 12.3. The molecule has 1 aromatic heterocycles. The molecule has 0 unspecified atom stereocenters. The van der Waals surface area contributed by atoms with Crippen molar-refractivity contribution in [2.45, 2.75) is 0 Å². The van der Waals surface area contributed by atoms with Gasteiger partial charge in [-0.1, -0.05) is 42.5 Å². The normalized spacial score (nSPS) is 10.0. The van der Waals surface area contributed by atoms with E-state index in [1.54, 1.807) is 12.1 Å². The first-order valence-electron chi connectivity index (χ1n) is 5.42. The summed E-state index contributed by atoms with van der Waals surface area (Å²) in [6.45, 7) is 0. The Hall–Kier alpha value is -2.39. The predicted molar refractivity (Wildman–Crippen MR) is 71.5 cm³/mol. The van der Waals surface area contributed by atoms with Gasteiger partial charge in [0.15, 0.2) is 5.43 Å². The number of para-hydroxylation sites is 1. The van der Waals surface area contributed by atoms with Gasteiger partial charge in [-0.05, 0) is 17.7 Å². The Bertz CT molecular complexity index is 714. The fourth-order valence-electron chi connectivity index (χ4n) is 1.89. The van der Waals surface area contributed by atoms with Gasteiger partial charge in [-0.3, -0.25) is 4.79 Å². The molecule has 0 aliphatic rings. The number of benzene rings is 2. The van der Waals surface area contributed by atoms with E-state index in [9.17, 15) is 4.79 Å². The van der Waals surface area contributed by atoms with Crippen molar-refractivity contribution in [1.82, 2.24) is 0 Å². The lowest BCUT2D eigenvalue weighted by Crippen LogP contribution is -2.04. The molecule has 0 spiro atoms. The number of rotatable bonds is 1. The Morgan fingerprint density at radius 3 is 2.28 bits per heavy atom. The molecule has 0 saturated heterocycles. The fourth-order valence-corrected chi connectivity index (χ4v) is 1.89. The maximum absolute atomic E-state index is 12.3. The lowest BCUT2D eigenvalue weighted by atomic mass is 10.1. The quantitative estimate of drug-likeness (QED) is 0.656. The highest BCUT2D eigenvalue weighted by atomic mass is 16.3. The van der Waals surface area contributed by atoms with E-state index in [1.165, 1.54) is 6.26 Å². The second-order valence-electron chi connectivity index (χ2n) is 3.84. The van der Waals surface area contributed by atoms with E-state index < -0.39 is 0 Å². The van der Waals surface area contributed by atoms with Crippen LogP contribution in [0.5, 0.6) is 0 Å². The first-order chi connectivity index (χ1) is 8.36. The molecule has 2 N–H and O–H groups in total. The lowest BCUT2D eigenvalue weighted by molar-refractivity contribution is 0.604. The Balaban J connectivity index is 0.00000120. The van der Waals surface area contributed by atoms with Gasteiger partial charge in [-0.15, -0.1) is 0 Å². The van der Waals surface area contributed by atoms with Crippen LogP contribution in [0.25, 0.3) is 22.1 Å². The monoisotopic (exact) mass is 240 g/mol. The molecular weight excluding hydrogens is 228 g/mol. The zero-order chi connectivity index (χ0) is 11.7. The van der Waals surface area contributed by atoms with Crippen molar-refractivity contribution in [1.29, 1.82) is 0 Å². The van der Waals surface area contributed by atoms with Crippen LogP contribution in [-0.4, -0.2) is 5.48 Å². The zero-order valence-electron chi connectivity index (χ0n) is 9.59. The van der Waals surface area contributed by atoms with E-state index in [0.717, 1.165) is 5.56 Å². The smallest absolute Gasteiger partial charge is 0.200 e. The van der Waals surface area contributed by atoms with Crippen LogP contribution in [0.1, 0.15) is 0 Å². The van der Waals surface area contributed by atoms with Crippen molar-refractivity contribution < 1.29 is 9.89 Å². The van der Waals surface area contributed by atoms with Gasteiger partial charge in [-0.2, -0.15) is 0 Å². The third-order valence-corrected chi connectivity index (χ3v) is 2.76. The second-order valence-corrected chi connectivity index (χ2v) is 3.84. The molecule has 2 aromatic carbocycles. The van der Waals surface area contributed by atoms with Gasteiger partial charge in [0.05, 0.1) is 10.9 Å². The third-order valence-electron chi connectivity index (χ3n) is 2.76. The maximum Gasteiger partial charge on any atom is 0.200 e. The first-order valence-corrected chi connectivity index (χ1v) is 5.42. The highest BCUT2D eigenvalue weighted by Crippen LogP contribution is 2.18. The Labute approximate surface area is 104 Å². The molecule has 0 amide bonds. The van der Waals surface area contributed by atoms with Crippen molar-refractivity contribution in [3.63, 3.8) is 0 Å². The van der Waals surface area contributed by atoms with Crippen LogP contribution in [0.15, 0.2) is 70.1 Å². The molecule has 1 heterocycles. The highest BCUT2D eigenvalue weighted by molar-refractivity contribution is 5.81. The standard InChI is InChI=1S/C15H10O2.H2O/c16-15-12-8-4-5-9-14(12)17-10-13(15)11-6-2-1-3-7-11;/h1-10H;1H2. The first kappa shape index (κ1) is 12.1. The molecule has 3 aromatic rings. The molecule has 0 bridgehead atoms. The number of hydrogen-bond donors (Lipinski definition) is 0. The average Bonchev–Trinajstić information content (AvgIpc) is 2.40. The highest BCUT2D eigenvalue weighted by Gasteiger charge is 2.07. The average molecular weight is 240 g/mol. The maximum atomic E-state index is 12.3. The lowest BCUT2D eigenvalue weighted by Gasteiger charge is -2.01. The summed E-state index contributed by atoms with van der Waals surface area (Å²) in [5.41, 5.74) is 2.12. The van der Waals surface area contributed by atoms with Crippen molar-refractivity contribution in [3.8, 4) is 11.1 Å². The van der Waals surface area contributed by atoms with Crippen LogP contribution in [0, 0.1) is 0 Å². The van der Waals surface area contributed by atoms with Crippen LogP contribution in [-0.2, 0) is 0 Å². The minimum Gasteiger partial charge on any atom is -0.463 e. The van der Waals surface area contributed by atoms with Crippen molar-refractivity contribution in [3.05, 3.63) is 71.1 Å². The second kappa shape index (κ2) is 4.85. The van der Waals surface area contributed by atoms with Crippen molar-refractivity contribution in [2.75, 3.05) is 0 Å². The predicted octanol–water partition coefficient (Wildman–Crippen LogP) is 2.64. The molecule has 3 rings (SSSR count). The minimum absolute atomic E-state index is 0. The summed E-state index contributed by atoms with van der Waals surface area (Å²) < 4.78 is 5.48. The van der Waals surface area contributed by atoms with Gasteiger partial charge in [-0.25, -0.2) is 0 Å². The molecular formula is C15H12O3. The molecule has 18 heavy (non-hydrogen) atoms. The molecule has 0 saturated carbocycles. The van der Waals surface area contributed by atoms with Crippen LogP contribution in [0.3, 0.4) is 0 Å². The van der Waals surface area contributed by atoms with E-state index in [4.69, 9.17) is 4.42 Å². The van der Waals surface area contributed by atoms with E-state index in [2.05, 4.69) is 0 Å². The molecule has 3 nitrogen and oxygen atoms in total. The SMILES string of the molecule is O.O=c1c(-c2ccccc2)coc2ccccc12. The van der Waals surface area contributed by atoms with Crippen molar-refractivity contribution >= 4 is 11.0 Å². The minimum atomic E-state index is 0. The van der Waals surface area contributed by atoms with Crippen LogP contribution in [0.4, 0.5) is 0 Å². The topological polar surface area (TPSA) is 61.7 Å². The van der Waals surface area contributed by atoms with E-state index in [1.807, 2.05) is 42.5 Å². The molecule has 0 fully saturated rings. The summed E-state index contributed by atoms with van der Waals surface area (Å²) in [6.07, 6.45) is 1.53. The van der Waals surface area contributed by atoms with Gasteiger partial charge in [0.2, 0.25) is 0 Å². The largest absolute Gasteiger partial charge is 0.463 e. The molecule has 0 radical (unpaired) electrons. The Morgan fingerprint density at radius 1 is 0.833 bits per heavy atom. The summed E-state index contributed by atoms with van der Waals surface area (Å²) in [5, 5.41) is 0.619. The van der Waals surface area contributed by atoms with Crippen LogP contribution in [0.2, 0.25) is 0 Å². The van der Waals surface area contributed by atoms with Gasteiger partial charge < -0.3 is 9.89 Å². The summed E-state index contributed by atoms with van der Waals surface area (Å²) in [6, 6.07) is 16.8. The van der Waals surface area contributed by atoms with Crippen LogP contribution < -0.4 is 5.43 Å². The molecule has 0 aliphatic heterocycles. The number of hydrogen-bond acceptors (Lipinski definition) is 2. The Morgan fingerprint density at radius 2 is 1.50 bits per heavy atom. The van der Waals surface area contributed by atoms with Gasteiger partial charge in [0, 0.05) is 0 Å². The molecule has 0 atom stereocenters. The fraction of sp³-hybridized carbons (Fsp3) is 0. The van der Waals surface area contributed by atoms with Crippen LogP contribution >= 0.6 is 0 Å². The van der Waals surface area contributed by atoms with Gasteiger partial charge >= 0.3 is 0 Å². The summed E-state index contributed by atoms with van der Waals surface area (Å²) in [5.74, 6) is 0. The number of fused-ring (bicyclic) bond motifs is 1. The van der Waals surface area contributed by atoms with Crippen molar-refractivity contribution in [2.24, 2.45) is 0 Å². The zero-order valence-corrected chi connectivity index (χ0v) is 9.59. The Kier molecular flexibility index (Phi) is 3.26. The summed E-state index contributed by atoms with van der Waals surface area (Å²) in [7, 11) is 0. The third kappa shape index (κ3) is 1.92. The molecule has 90 valence electrons. The van der Waals surface area contributed by atoms with Gasteiger partial charge in [0.1, 0.15) is 11.8 Å². The van der Waals surface area contributed by atoms with E-state index >= 15 is 0 Å². The van der Waals surface area contributed by atoms with E-state index in [-0.39, 0.29) is 10.9 Å².